The Morgan fingerprint density at radius 2 is 1.62 bits per heavy atom. The maximum absolute atomic E-state index is 13.3. The number of hydrogen-bond acceptors (Lipinski definition) is 5. The van der Waals surface area contributed by atoms with Gasteiger partial charge in [-0.3, -0.25) is 0 Å². The lowest BCUT2D eigenvalue weighted by Crippen LogP contribution is -2.10. The normalized spacial score (nSPS) is 12.4. The van der Waals surface area contributed by atoms with Crippen molar-refractivity contribution in [2.45, 2.75) is 11.9 Å². The Labute approximate surface area is 166 Å². The van der Waals surface area contributed by atoms with E-state index in [1.165, 1.54) is 31.4 Å². The Morgan fingerprint density at radius 3 is 2.17 bits per heavy atom. The second-order valence-electron chi connectivity index (χ2n) is 5.86. The first kappa shape index (κ1) is 20.7. The molecule has 0 aliphatic carbocycles. The highest BCUT2D eigenvalue weighted by Crippen LogP contribution is 2.33. The van der Waals surface area contributed by atoms with Gasteiger partial charge in [-0.2, -0.15) is 23.1 Å². The third kappa shape index (κ3) is 5.52. The number of benzene rings is 2. The molecule has 29 heavy (non-hydrogen) atoms. The summed E-state index contributed by atoms with van der Waals surface area (Å²) in [4.78, 5) is 7.53. The van der Waals surface area contributed by atoms with Crippen molar-refractivity contribution in [3.8, 4) is 28.8 Å². The molecule has 1 heterocycles. The van der Waals surface area contributed by atoms with Crippen LogP contribution in [0.2, 0.25) is 0 Å². The monoisotopic (exact) mass is 424 g/mol. The highest BCUT2D eigenvalue weighted by Gasteiger charge is 2.34. The van der Waals surface area contributed by atoms with Crippen molar-refractivity contribution in [1.82, 2.24) is 9.97 Å². The van der Waals surface area contributed by atoms with Gasteiger partial charge in [0.05, 0.1) is 18.6 Å². The first-order chi connectivity index (χ1) is 13.7. The molecular weight excluding hydrogens is 409 g/mol. The molecule has 0 aliphatic rings. The predicted octanol–water partition coefficient (Wildman–Crippen LogP) is 4.69. The molecule has 10 heteroatoms. The molecular formula is C19H15F3N2O4S. The van der Waals surface area contributed by atoms with Gasteiger partial charge in [0.25, 0.3) is 0 Å². The summed E-state index contributed by atoms with van der Waals surface area (Å²) in [6, 6.07) is 12.7. The van der Waals surface area contributed by atoms with Crippen molar-refractivity contribution in [3.63, 3.8) is 0 Å². The summed E-state index contributed by atoms with van der Waals surface area (Å²) in [6.45, 7) is 0. The van der Waals surface area contributed by atoms with Crippen LogP contribution in [0.15, 0.2) is 54.6 Å². The van der Waals surface area contributed by atoms with E-state index in [9.17, 15) is 17.4 Å². The van der Waals surface area contributed by atoms with Crippen molar-refractivity contribution in [3.05, 3.63) is 65.9 Å². The average Bonchev–Trinajstić information content (AvgIpc) is 2.68. The van der Waals surface area contributed by atoms with Crippen molar-refractivity contribution >= 4 is 11.1 Å². The van der Waals surface area contributed by atoms with Crippen LogP contribution in [0.5, 0.6) is 17.5 Å². The van der Waals surface area contributed by atoms with Crippen molar-refractivity contribution in [2.75, 3.05) is 7.11 Å². The van der Waals surface area contributed by atoms with Crippen LogP contribution < -0.4 is 9.47 Å². The maximum atomic E-state index is 13.3. The molecule has 0 fully saturated rings. The Morgan fingerprint density at radius 1 is 1.00 bits per heavy atom. The van der Waals surface area contributed by atoms with Crippen molar-refractivity contribution < 1.29 is 31.4 Å². The first-order valence-corrected chi connectivity index (χ1v) is 9.47. The predicted molar refractivity (Wildman–Crippen MR) is 100 cm³/mol. The van der Waals surface area contributed by atoms with E-state index < -0.39 is 29.0 Å². The van der Waals surface area contributed by atoms with Gasteiger partial charge < -0.3 is 14.0 Å². The SMILES string of the molecule is COc1ccc(Oc2nc(-c3ccc(CS(=O)O)cc3)cc(C(F)(F)F)n2)cc1. The van der Waals surface area contributed by atoms with E-state index in [-0.39, 0.29) is 17.2 Å². The topological polar surface area (TPSA) is 81.5 Å². The molecule has 2 aromatic carbocycles. The van der Waals surface area contributed by atoms with Crippen LogP contribution in [-0.2, 0) is 23.0 Å². The molecule has 0 saturated heterocycles. The number of alkyl halides is 3. The Bertz CT molecular complexity index is 1010. The van der Waals surface area contributed by atoms with Crippen LogP contribution in [0.1, 0.15) is 11.3 Å². The largest absolute Gasteiger partial charge is 0.497 e. The van der Waals surface area contributed by atoms with Crippen LogP contribution in [0.25, 0.3) is 11.3 Å². The second-order valence-corrected chi connectivity index (χ2v) is 6.79. The maximum Gasteiger partial charge on any atom is 0.433 e. The van der Waals surface area contributed by atoms with Gasteiger partial charge in [-0.05, 0) is 35.9 Å². The minimum atomic E-state index is -4.69. The molecule has 1 N–H and O–H groups in total. The lowest BCUT2D eigenvalue weighted by Gasteiger charge is -2.11. The molecule has 0 bridgehead atoms. The minimum absolute atomic E-state index is 0.00695. The summed E-state index contributed by atoms with van der Waals surface area (Å²) in [5, 5.41) is 0. The van der Waals surface area contributed by atoms with Gasteiger partial charge in [0.1, 0.15) is 11.5 Å². The third-order valence-electron chi connectivity index (χ3n) is 3.80. The average molecular weight is 424 g/mol. The molecule has 0 spiro atoms. The van der Waals surface area contributed by atoms with Gasteiger partial charge >= 0.3 is 12.2 Å². The highest BCUT2D eigenvalue weighted by atomic mass is 32.2. The van der Waals surface area contributed by atoms with Crippen LogP contribution in [0.4, 0.5) is 13.2 Å². The van der Waals surface area contributed by atoms with Gasteiger partial charge in [0.15, 0.2) is 16.8 Å². The molecule has 1 atom stereocenters. The quantitative estimate of drug-likeness (QED) is 0.579. The Kier molecular flexibility index (Phi) is 6.14. The molecule has 0 radical (unpaired) electrons. The molecule has 3 rings (SSSR count). The zero-order valence-corrected chi connectivity index (χ0v) is 15.8. The number of ether oxygens (including phenoxy) is 2. The summed E-state index contributed by atoms with van der Waals surface area (Å²) < 4.78 is 70.1. The molecule has 152 valence electrons. The Balaban J connectivity index is 1.96. The van der Waals surface area contributed by atoms with Crippen LogP contribution in [0, 0.1) is 0 Å². The summed E-state index contributed by atoms with van der Waals surface area (Å²) in [5.41, 5.74) is -0.196. The first-order valence-electron chi connectivity index (χ1n) is 8.19. The van der Waals surface area contributed by atoms with Crippen LogP contribution >= 0.6 is 0 Å². The third-order valence-corrected chi connectivity index (χ3v) is 4.38. The smallest absolute Gasteiger partial charge is 0.433 e. The molecule has 3 aromatic rings. The molecule has 6 nitrogen and oxygen atoms in total. The van der Waals surface area contributed by atoms with Gasteiger partial charge in [0, 0.05) is 5.56 Å². The minimum Gasteiger partial charge on any atom is -0.497 e. The van der Waals surface area contributed by atoms with Gasteiger partial charge in [-0.15, -0.1) is 0 Å². The van der Waals surface area contributed by atoms with E-state index in [0.717, 1.165) is 6.07 Å². The van der Waals surface area contributed by atoms with E-state index in [1.807, 2.05) is 0 Å². The fourth-order valence-electron chi connectivity index (χ4n) is 2.43. The number of halogens is 3. The number of hydrogen-bond donors (Lipinski definition) is 1. The lowest BCUT2D eigenvalue weighted by molar-refractivity contribution is -0.141. The van der Waals surface area contributed by atoms with E-state index in [2.05, 4.69) is 9.97 Å². The number of rotatable bonds is 6. The van der Waals surface area contributed by atoms with E-state index in [4.69, 9.17) is 14.0 Å². The zero-order chi connectivity index (χ0) is 21.0. The van der Waals surface area contributed by atoms with Crippen molar-refractivity contribution in [2.24, 2.45) is 0 Å². The highest BCUT2D eigenvalue weighted by molar-refractivity contribution is 7.78. The van der Waals surface area contributed by atoms with Crippen molar-refractivity contribution in [1.29, 1.82) is 0 Å². The molecule has 0 amide bonds. The van der Waals surface area contributed by atoms with Gasteiger partial charge in [-0.25, -0.2) is 4.21 Å². The summed E-state index contributed by atoms with van der Waals surface area (Å²) in [6.07, 6.45) is -4.69. The number of nitrogens with zero attached hydrogens (tertiary/aromatic N) is 2. The van der Waals surface area contributed by atoms with E-state index >= 15 is 0 Å². The fraction of sp³-hybridized carbons (Fsp3) is 0.158. The lowest BCUT2D eigenvalue weighted by atomic mass is 10.1. The molecule has 1 aromatic heterocycles. The molecule has 0 aliphatic heterocycles. The summed E-state index contributed by atoms with van der Waals surface area (Å²) >= 11 is -2.02. The fourth-order valence-corrected chi connectivity index (χ4v) is 2.90. The zero-order valence-electron chi connectivity index (χ0n) is 15.0. The second kappa shape index (κ2) is 8.58. The summed E-state index contributed by atoms with van der Waals surface area (Å²) in [5.74, 6) is 0.729. The molecule has 1 unspecified atom stereocenters. The van der Waals surface area contributed by atoms with Gasteiger partial charge in [0.2, 0.25) is 0 Å². The van der Waals surface area contributed by atoms with E-state index in [0.29, 0.717) is 16.9 Å². The van der Waals surface area contributed by atoms with Crippen LogP contribution in [-0.4, -0.2) is 25.8 Å². The number of aromatic nitrogens is 2. The molecule has 0 saturated carbocycles. The standard InChI is InChI=1S/C19H15F3N2O4S/c1-27-14-6-8-15(9-7-14)28-18-23-16(10-17(24-18)19(20,21)22)13-4-2-12(3-5-13)11-29(25)26/h2-10H,11H2,1H3,(H,25,26). The van der Waals surface area contributed by atoms with Crippen LogP contribution in [0.3, 0.4) is 0 Å². The van der Waals surface area contributed by atoms with Gasteiger partial charge in [-0.1, -0.05) is 24.3 Å². The number of methoxy groups -OCH3 is 1. The van der Waals surface area contributed by atoms with E-state index in [1.54, 1.807) is 24.3 Å². The Hall–Kier alpha value is -2.98. The summed E-state index contributed by atoms with van der Waals surface area (Å²) in [7, 11) is 1.49.